The number of halogens is 1. The molecule has 2 atom stereocenters. The SMILES string of the molecule is C[C@H]1OC(c2ccc(OCCCO)cc2)=N[C@@]1(Cc1ccccc1)C(=O)NCCc1ccc(Br)cc1. The highest BCUT2D eigenvalue weighted by Gasteiger charge is 2.50. The van der Waals surface area contributed by atoms with Gasteiger partial charge in [0.15, 0.2) is 5.54 Å². The van der Waals surface area contributed by atoms with E-state index in [0.29, 0.717) is 37.6 Å². The largest absolute Gasteiger partial charge is 0.494 e. The molecule has 36 heavy (non-hydrogen) atoms. The zero-order valence-electron chi connectivity index (χ0n) is 20.3. The lowest BCUT2D eigenvalue weighted by molar-refractivity contribution is -0.128. The molecule has 0 aromatic heterocycles. The van der Waals surface area contributed by atoms with Crippen molar-refractivity contribution in [2.75, 3.05) is 19.8 Å². The second-order valence-electron chi connectivity index (χ2n) is 8.85. The molecule has 1 aliphatic heterocycles. The van der Waals surface area contributed by atoms with Gasteiger partial charge in [-0.2, -0.15) is 0 Å². The Kier molecular flexibility index (Phi) is 8.78. The van der Waals surface area contributed by atoms with Crippen molar-refractivity contribution in [1.29, 1.82) is 0 Å². The maximum atomic E-state index is 13.7. The summed E-state index contributed by atoms with van der Waals surface area (Å²) in [6.45, 7) is 2.95. The van der Waals surface area contributed by atoms with Crippen LogP contribution in [0.2, 0.25) is 0 Å². The van der Waals surface area contributed by atoms with E-state index in [1.165, 1.54) is 0 Å². The maximum absolute atomic E-state index is 13.7. The summed E-state index contributed by atoms with van der Waals surface area (Å²) in [7, 11) is 0. The Morgan fingerprint density at radius 2 is 1.78 bits per heavy atom. The molecule has 0 unspecified atom stereocenters. The third-order valence-corrected chi connectivity index (χ3v) is 6.79. The Labute approximate surface area is 220 Å². The molecule has 6 nitrogen and oxygen atoms in total. The molecule has 188 valence electrons. The number of aliphatic hydroxyl groups is 1. The van der Waals surface area contributed by atoms with Crippen molar-refractivity contribution in [2.24, 2.45) is 4.99 Å². The molecule has 2 N–H and O–H groups in total. The molecule has 0 saturated carbocycles. The summed E-state index contributed by atoms with van der Waals surface area (Å²) >= 11 is 3.45. The normalized spacial score (nSPS) is 18.9. The number of nitrogens with zero attached hydrogens (tertiary/aromatic N) is 1. The van der Waals surface area contributed by atoms with Crippen LogP contribution in [-0.4, -0.2) is 48.3 Å². The van der Waals surface area contributed by atoms with Gasteiger partial charge in [0.05, 0.1) is 6.61 Å². The lowest BCUT2D eigenvalue weighted by Gasteiger charge is -2.28. The monoisotopic (exact) mass is 550 g/mol. The number of aliphatic hydroxyl groups excluding tert-OH is 1. The van der Waals surface area contributed by atoms with Crippen LogP contribution in [0.4, 0.5) is 0 Å². The topological polar surface area (TPSA) is 80.2 Å². The van der Waals surface area contributed by atoms with Crippen LogP contribution in [0, 0.1) is 0 Å². The molecule has 3 aromatic rings. The number of hydrogen-bond donors (Lipinski definition) is 2. The lowest BCUT2D eigenvalue weighted by atomic mass is 9.86. The molecular formula is C29H31BrN2O4. The minimum Gasteiger partial charge on any atom is -0.494 e. The van der Waals surface area contributed by atoms with Crippen molar-refractivity contribution < 1.29 is 19.4 Å². The van der Waals surface area contributed by atoms with Gasteiger partial charge in [0.25, 0.3) is 5.91 Å². The van der Waals surface area contributed by atoms with Gasteiger partial charge in [0, 0.05) is 36.0 Å². The van der Waals surface area contributed by atoms with Gasteiger partial charge < -0.3 is 19.9 Å². The molecule has 0 aliphatic carbocycles. The predicted molar refractivity (Wildman–Crippen MR) is 144 cm³/mol. The van der Waals surface area contributed by atoms with E-state index in [1.54, 1.807) is 0 Å². The molecule has 1 amide bonds. The smallest absolute Gasteiger partial charge is 0.252 e. The van der Waals surface area contributed by atoms with E-state index in [2.05, 4.69) is 21.2 Å². The fourth-order valence-electron chi connectivity index (χ4n) is 4.17. The standard InChI is InChI=1S/C29H31BrN2O4/c1-21-29(20-23-6-3-2-4-7-23,28(34)31-17-16-22-8-12-25(30)13-9-22)32-27(36-21)24-10-14-26(15-11-24)35-19-5-18-33/h2-4,6-15,21,33H,5,16-20H2,1H3,(H,31,34)/t21-,29-/m1/s1. The van der Waals surface area contributed by atoms with E-state index in [4.69, 9.17) is 19.6 Å². The van der Waals surface area contributed by atoms with E-state index in [-0.39, 0.29) is 12.5 Å². The van der Waals surface area contributed by atoms with Crippen LogP contribution in [0.5, 0.6) is 5.75 Å². The van der Waals surface area contributed by atoms with Crippen molar-refractivity contribution in [3.8, 4) is 5.75 Å². The average molecular weight is 551 g/mol. The predicted octanol–water partition coefficient (Wildman–Crippen LogP) is 4.72. The molecule has 1 heterocycles. The Bertz CT molecular complexity index is 1170. The molecule has 4 rings (SSSR count). The lowest BCUT2D eigenvalue weighted by Crippen LogP contribution is -2.52. The number of amides is 1. The molecule has 0 saturated heterocycles. The van der Waals surface area contributed by atoms with Crippen LogP contribution >= 0.6 is 15.9 Å². The van der Waals surface area contributed by atoms with Gasteiger partial charge in [-0.05, 0) is 60.9 Å². The summed E-state index contributed by atoms with van der Waals surface area (Å²) in [4.78, 5) is 18.6. The summed E-state index contributed by atoms with van der Waals surface area (Å²) in [5, 5.41) is 12.0. The highest BCUT2D eigenvalue weighted by Crippen LogP contribution is 2.33. The number of aliphatic imine (C=N–C) groups is 1. The van der Waals surface area contributed by atoms with Gasteiger partial charge in [-0.25, -0.2) is 4.99 Å². The summed E-state index contributed by atoms with van der Waals surface area (Å²) in [6.07, 6.45) is 1.30. The molecule has 0 radical (unpaired) electrons. The van der Waals surface area contributed by atoms with E-state index in [0.717, 1.165) is 27.6 Å². The van der Waals surface area contributed by atoms with E-state index in [9.17, 15) is 4.79 Å². The Morgan fingerprint density at radius 3 is 2.47 bits per heavy atom. The number of benzene rings is 3. The first-order valence-electron chi connectivity index (χ1n) is 12.2. The van der Waals surface area contributed by atoms with Crippen LogP contribution in [0.25, 0.3) is 0 Å². The summed E-state index contributed by atoms with van der Waals surface area (Å²) in [5.41, 5.74) is 1.88. The maximum Gasteiger partial charge on any atom is 0.252 e. The molecule has 7 heteroatoms. The van der Waals surface area contributed by atoms with E-state index < -0.39 is 11.6 Å². The van der Waals surface area contributed by atoms with Gasteiger partial charge in [-0.3, -0.25) is 4.79 Å². The van der Waals surface area contributed by atoms with Gasteiger partial charge in [0.2, 0.25) is 5.90 Å². The third-order valence-electron chi connectivity index (χ3n) is 6.26. The molecule has 3 aromatic carbocycles. The zero-order chi connectivity index (χ0) is 25.4. The number of hydrogen-bond acceptors (Lipinski definition) is 5. The zero-order valence-corrected chi connectivity index (χ0v) is 21.9. The van der Waals surface area contributed by atoms with Crippen molar-refractivity contribution >= 4 is 27.7 Å². The number of carbonyl (C=O) groups excluding carboxylic acids is 1. The Morgan fingerprint density at radius 1 is 1.06 bits per heavy atom. The summed E-state index contributed by atoms with van der Waals surface area (Å²) in [6, 6.07) is 25.5. The molecule has 1 aliphatic rings. The van der Waals surface area contributed by atoms with Crippen LogP contribution < -0.4 is 10.1 Å². The average Bonchev–Trinajstić information content (AvgIpc) is 3.23. The second-order valence-corrected chi connectivity index (χ2v) is 9.76. The number of rotatable bonds is 11. The van der Waals surface area contributed by atoms with Gasteiger partial charge >= 0.3 is 0 Å². The second kappa shape index (κ2) is 12.2. The quantitative estimate of drug-likeness (QED) is 0.338. The van der Waals surface area contributed by atoms with Crippen molar-refractivity contribution in [3.05, 3.63) is 100 Å². The number of carbonyl (C=O) groups is 1. The fourth-order valence-corrected chi connectivity index (χ4v) is 4.44. The van der Waals surface area contributed by atoms with Crippen LogP contribution in [0.1, 0.15) is 30.0 Å². The minimum absolute atomic E-state index is 0.0926. The van der Waals surface area contributed by atoms with E-state index in [1.807, 2.05) is 85.8 Å². The first kappa shape index (κ1) is 25.9. The first-order chi connectivity index (χ1) is 17.5. The van der Waals surface area contributed by atoms with Crippen molar-refractivity contribution in [3.63, 3.8) is 0 Å². The fraction of sp³-hybridized carbons (Fsp3) is 0.310. The third kappa shape index (κ3) is 6.33. The van der Waals surface area contributed by atoms with Gasteiger partial charge in [-0.1, -0.05) is 58.4 Å². The molecule has 0 spiro atoms. The van der Waals surface area contributed by atoms with Crippen LogP contribution in [0.15, 0.2) is 88.3 Å². The van der Waals surface area contributed by atoms with Crippen molar-refractivity contribution in [1.82, 2.24) is 5.32 Å². The highest BCUT2D eigenvalue weighted by molar-refractivity contribution is 9.10. The summed E-state index contributed by atoms with van der Waals surface area (Å²) < 4.78 is 12.8. The number of ether oxygens (including phenoxy) is 2. The first-order valence-corrected chi connectivity index (χ1v) is 13.0. The van der Waals surface area contributed by atoms with Crippen LogP contribution in [0.3, 0.4) is 0 Å². The minimum atomic E-state index is -1.08. The van der Waals surface area contributed by atoms with E-state index >= 15 is 0 Å². The van der Waals surface area contributed by atoms with Gasteiger partial charge in [0.1, 0.15) is 11.9 Å². The van der Waals surface area contributed by atoms with Gasteiger partial charge in [-0.15, -0.1) is 0 Å². The Balaban J connectivity index is 1.53. The molecular weight excluding hydrogens is 520 g/mol. The summed E-state index contributed by atoms with van der Waals surface area (Å²) in [5.74, 6) is 1.01. The molecule has 0 bridgehead atoms. The Hall–Kier alpha value is -3.16. The number of nitrogens with one attached hydrogen (secondary N) is 1. The van der Waals surface area contributed by atoms with Crippen molar-refractivity contribution in [2.45, 2.75) is 37.8 Å². The molecule has 0 fully saturated rings. The van der Waals surface area contributed by atoms with Crippen LogP contribution in [-0.2, 0) is 22.4 Å². The highest BCUT2D eigenvalue weighted by atomic mass is 79.9.